The Morgan fingerprint density at radius 2 is 2.36 bits per heavy atom. The number of hydrogen-bond donors (Lipinski definition) is 1. The lowest BCUT2D eigenvalue weighted by Gasteiger charge is -2.28. The number of rotatable bonds is 1. The zero-order chi connectivity index (χ0) is 10.7. The van der Waals surface area contributed by atoms with Crippen LogP contribution in [0.1, 0.15) is 27.2 Å². The predicted octanol–water partition coefficient (Wildman–Crippen LogP) is 1.30. The first-order valence-corrected chi connectivity index (χ1v) is 4.59. The molecule has 0 aliphatic carbocycles. The van der Waals surface area contributed by atoms with Crippen molar-refractivity contribution < 1.29 is 9.53 Å². The van der Waals surface area contributed by atoms with Crippen LogP contribution in [0.2, 0.25) is 0 Å². The fourth-order valence-electron chi connectivity index (χ4n) is 1.43. The van der Waals surface area contributed by atoms with Crippen molar-refractivity contribution in [1.29, 1.82) is 5.26 Å². The highest BCUT2D eigenvalue weighted by Gasteiger charge is 2.25. The number of amides is 1. The van der Waals surface area contributed by atoms with Crippen molar-refractivity contribution in [3.8, 4) is 6.07 Å². The molecule has 0 aromatic heterocycles. The molecule has 1 N–H and O–H groups in total. The zero-order valence-electron chi connectivity index (χ0n) is 8.63. The van der Waals surface area contributed by atoms with Crippen LogP contribution in [0.4, 0.5) is 0 Å². The minimum absolute atomic E-state index is 0.140. The number of carbonyl (C=O) groups excluding carboxylic acids is 1. The van der Waals surface area contributed by atoms with Gasteiger partial charge in [0.25, 0.3) is 0 Å². The highest BCUT2D eigenvalue weighted by Crippen LogP contribution is 2.27. The van der Waals surface area contributed by atoms with Crippen LogP contribution in [0.5, 0.6) is 0 Å². The summed E-state index contributed by atoms with van der Waals surface area (Å²) in [5.74, 6) is 0.469. The summed E-state index contributed by atoms with van der Waals surface area (Å²) in [6, 6.07) is 1.99. The van der Waals surface area contributed by atoms with Crippen LogP contribution in [0.15, 0.2) is 11.3 Å². The first-order chi connectivity index (χ1) is 6.54. The standard InChI is InChI=1S/C10H14N2O2/c1-6-4-10(12-8(3)13)14-9(5-11)7(6)2/h6,10H,4H2,1-3H3,(H,12,13). The lowest BCUT2D eigenvalue weighted by atomic mass is 9.95. The largest absolute Gasteiger partial charge is 0.460 e. The summed E-state index contributed by atoms with van der Waals surface area (Å²) in [5, 5.41) is 11.4. The molecule has 1 rings (SSSR count). The van der Waals surface area contributed by atoms with E-state index in [4.69, 9.17) is 10.00 Å². The highest BCUT2D eigenvalue weighted by molar-refractivity contribution is 5.73. The van der Waals surface area contributed by atoms with Gasteiger partial charge in [-0.25, -0.2) is 0 Å². The minimum Gasteiger partial charge on any atom is -0.460 e. The predicted molar refractivity (Wildman–Crippen MR) is 50.8 cm³/mol. The molecule has 0 aromatic carbocycles. The second kappa shape index (κ2) is 4.14. The van der Waals surface area contributed by atoms with E-state index in [9.17, 15) is 4.79 Å². The number of nitriles is 1. The van der Waals surface area contributed by atoms with E-state index in [1.165, 1.54) is 6.92 Å². The average molecular weight is 194 g/mol. The zero-order valence-corrected chi connectivity index (χ0v) is 8.63. The molecule has 0 fully saturated rings. The molecule has 76 valence electrons. The third-order valence-electron chi connectivity index (χ3n) is 2.39. The van der Waals surface area contributed by atoms with Crippen LogP contribution in [0.3, 0.4) is 0 Å². The van der Waals surface area contributed by atoms with Crippen LogP contribution in [0.25, 0.3) is 0 Å². The third kappa shape index (κ3) is 2.25. The maximum Gasteiger partial charge on any atom is 0.219 e. The fraction of sp³-hybridized carbons (Fsp3) is 0.600. The Morgan fingerprint density at radius 1 is 1.71 bits per heavy atom. The maximum absolute atomic E-state index is 10.8. The Bertz CT molecular complexity index is 315. The Hall–Kier alpha value is -1.50. The molecule has 0 radical (unpaired) electrons. The van der Waals surface area contributed by atoms with Gasteiger partial charge in [-0.3, -0.25) is 4.79 Å². The topological polar surface area (TPSA) is 62.1 Å². The number of nitrogens with one attached hydrogen (secondary N) is 1. The lowest BCUT2D eigenvalue weighted by Crippen LogP contribution is -2.39. The minimum atomic E-state index is -0.360. The van der Waals surface area contributed by atoms with Crippen LogP contribution in [-0.4, -0.2) is 12.1 Å². The molecule has 0 saturated carbocycles. The van der Waals surface area contributed by atoms with Crippen molar-refractivity contribution in [3.63, 3.8) is 0 Å². The van der Waals surface area contributed by atoms with Crippen LogP contribution >= 0.6 is 0 Å². The summed E-state index contributed by atoms with van der Waals surface area (Å²) < 4.78 is 5.32. The third-order valence-corrected chi connectivity index (χ3v) is 2.39. The van der Waals surface area contributed by atoms with E-state index in [1.54, 1.807) is 0 Å². The maximum atomic E-state index is 10.8. The van der Waals surface area contributed by atoms with Gasteiger partial charge in [-0.05, 0) is 18.4 Å². The van der Waals surface area contributed by atoms with E-state index in [0.29, 0.717) is 5.76 Å². The van der Waals surface area contributed by atoms with Gasteiger partial charge in [-0.15, -0.1) is 0 Å². The van der Waals surface area contributed by atoms with E-state index < -0.39 is 0 Å². The van der Waals surface area contributed by atoms with E-state index >= 15 is 0 Å². The Kier molecular flexibility index (Phi) is 3.13. The summed E-state index contributed by atoms with van der Waals surface area (Å²) in [6.45, 7) is 5.34. The SMILES string of the molecule is CC(=O)NC1CC(C)C(C)=C(C#N)O1. The smallest absolute Gasteiger partial charge is 0.219 e. The number of allylic oxidation sites excluding steroid dienone is 2. The van der Waals surface area contributed by atoms with Gasteiger partial charge in [-0.1, -0.05) is 6.92 Å². The molecule has 0 aromatic rings. The Balaban J connectivity index is 2.75. The molecule has 1 aliphatic heterocycles. The van der Waals surface area contributed by atoms with Crippen molar-refractivity contribution in [1.82, 2.24) is 5.32 Å². The van der Waals surface area contributed by atoms with Crippen molar-refractivity contribution in [2.45, 2.75) is 33.4 Å². The summed E-state index contributed by atoms with van der Waals surface area (Å²) in [7, 11) is 0. The second-order valence-corrected chi connectivity index (χ2v) is 3.57. The van der Waals surface area contributed by atoms with Gasteiger partial charge >= 0.3 is 0 Å². The summed E-state index contributed by atoms with van der Waals surface area (Å²) in [5.41, 5.74) is 0.953. The number of carbonyl (C=O) groups is 1. The normalized spacial score (nSPS) is 26.4. The van der Waals surface area contributed by atoms with Crippen LogP contribution in [0, 0.1) is 17.2 Å². The van der Waals surface area contributed by atoms with E-state index in [2.05, 4.69) is 5.32 Å². The fourth-order valence-corrected chi connectivity index (χ4v) is 1.43. The highest BCUT2D eigenvalue weighted by atomic mass is 16.5. The van der Waals surface area contributed by atoms with Gasteiger partial charge in [0.1, 0.15) is 6.07 Å². The quantitative estimate of drug-likeness (QED) is 0.684. The number of nitrogens with zero attached hydrogens (tertiary/aromatic N) is 1. The molecule has 4 nitrogen and oxygen atoms in total. The van der Waals surface area contributed by atoms with Crippen LogP contribution < -0.4 is 5.32 Å². The van der Waals surface area contributed by atoms with Gasteiger partial charge in [0.2, 0.25) is 5.91 Å². The van der Waals surface area contributed by atoms with Crippen molar-refractivity contribution in [3.05, 3.63) is 11.3 Å². The molecular weight excluding hydrogens is 180 g/mol. The average Bonchev–Trinajstić information content (AvgIpc) is 2.10. The summed E-state index contributed by atoms with van der Waals surface area (Å²) in [4.78, 5) is 10.8. The first kappa shape index (κ1) is 10.6. The van der Waals surface area contributed by atoms with Crippen LogP contribution in [-0.2, 0) is 9.53 Å². The van der Waals surface area contributed by atoms with Gasteiger partial charge in [-0.2, -0.15) is 5.26 Å². The molecule has 14 heavy (non-hydrogen) atoms. The summed E-state index contributed by atoms with van der Waals surface area (Å²) >= 11 is 0. The van der Waals surface area contributed by atoms with Crippen molar-refractivity contribution in [2.24, 2.45) is 5.92 Å². The van der Waals surface area contributed by atoms with Gasteiger partial charge in [0.05, 0.1) is 0 Å². The molecule has 1 heterocycles. The molecular formula is C10H14N2O2. The molecule has 4 heteroatoms. The lowest BCUT2D eigenvalue weighted by molar-refractivity contribution is -0.122. The summed E-state index contributed by atoms with van der Waals surface area (Å²) in [6.07, 6.45) is 0.359. The molecule has 0 saturated heterocycles. The van der Waals surface area contributed by atoms with Gasteiger partial charge < -0.3 is 10.1 Å². The molecule has 2 atom stereocenters. The number of hydrogen-bond acceptors (Lipinski definition) is 3. The van der Waals surface area contributed by atoms with Gasteiger partial charge in [0, 0.05) is 13.3 Å². The second-order valence-electron chi connectivity index (χ2n) is 3.57. The molecule has 2 unspecified atom stereocenters. The van der Waals surface area contributed by atoms with Gasteiger partial charge in [0.15, 0.2) is 12.0 Å². The van der Waals surface area contributed by atoms with E-state index in [1.807, 2.05) is 19.9 Å². The first-order valence-electron chi connectivity index (χ1n) is 4.59. The Labute approximate surface area is 83.5 Å². The van der Waals surface area contributed by atoms with Crippen molar-refractivity contribution in [2.75, 3.05) is 0 Å². The molecule has 0 bridgehead atoms. The molecule has 1 aliphatic rings. The number of ether oxygens (including phenoxy) is 1. The van der Waals surface area contributed by atoms with Crippen molar-refractivity contribution >= 4 is 5.91 Å². The van der Waals surface area contributed by atoms with E-state index in [0.717, 1.165) is 12.0 Å². The monoisotopic (exact) mass is 194 g/mol. The van der Waals surface area contributed by atoms with E-state index in [-0.39, 0.29) is 18.1 Å². The Morgan fingerprint density at radius 3 is 2.86 bits per heavy atom. The molecule has 0 spiro atoms. The molecule has 1 amide bonds.